The number of rotatable bonds is 9. The van der Waals surface area contributed by atoms with E-state index < -0.39 is 0 Å². The summed E-state index contributed by atoms with van der Waals surface area (Å²) < 4.78 is 16.0. The SMILES string of the molecule is COCCOCCOc1ccc(Cl)c2[nH]c(C(=O)NC(C)C)cc12. The monoisotopic (exact) mass is 354 g/mol. The Morgan fingerprint density at radius 2 is 2.00 bits per heavy atom. The molecule has 0 aliphatic heterocycles. The smallest absolute Gasteiger partial charge is 0.267 e. The Morgan fingerprint density at radius 1 is 1.25 bits per heavy atom. The predicted octanol–water partition coefficient (Wildman–Crippen LogP) is 3.00. The number of aromatic amines is 1. The number of ether oxygens (including phenoxy) is 3. The van der Waals surface area contributed by atoms with Crippen LogP contribution in [-0.4, -0.2) is 50.5 Å². The summed E-state index contributed by atoms with van der Waals surface area (Å²) in [6, 6.07) is 5.34. The van der Waals surface area contributed by atoms with Crippen molar-refractivity contribution in [2.75, 3.05) is 33.5 Å². The van der Waals surface area contributed by atoms with Crippen LogP contribution in [0.5, 0.6) is 5.75 Å². The van der Waals surface area contributed by atoms with Crippen molar-refractivity contribution in [2.24, 2.45) is 0 Å². The summed E-state index contributed by atoms with van der Waals surface area (Å²) in [4.78, 5) is 15.2. The van der Waals surface area contributed by atoms with Crippen LogP contribution in [0.4, 0.5) is 0 Å². The van der Waals surface area contributed by atoms with Gasteiger partial charge < -0.3 is 24.5 Å². The molecule has 0 saturated carbocycles. The largest absolute Gasteiger partial charge is 0.490 e. The zero-order chi connectivity index (χ0) is 17.5. The van der Waals surface area contributed by atoms with E-state index in [1.807, 2.05) is 13.8 Å². The fourth-order valence-electron chi connectivity index (χ4n) is 2.20. The molecule has 1 heterocycles. The summed E-state index contributed by atoms with van der Waals surface area (Å²) >= 11 is 6.21. The van der Waals surface area contributed by atoms with E-state index in [2.05, 4.69) is 10.3 Å². The Hall–Kier alpha value is -1.76. The molecule has 2 N–H and O–H groups in total. The Labute approximate surface area is 146 Å². The first-order valence-electron chi connectivity index (χ1n) is 7.84. The summed E-state index contributed by atoms with van der Waals surface area (Å²) in [5.41, 5.74) is 1.14. The normalized spacial score (nSPS) is 11.2. The molecule has 0 bridgehead atoms. The number of carbonyl (C=O) groups is 1. The van der Waals surface area contributed by atoms with E-state index in [1.165, 1.54) is 0 Å². The quantitative estimate of drug-likeness (QED) is 0.679. The number of hydrogen-bond acceptors (Lipinski definition) is 4. The third-order valence-corrected chi connectivity index (χ3v) is 3.60. The van der Waals surface area contributed by atoms with Gasteiger partial charge in [0.2, 0.25) is 0 Å². The highest BCUT2D eigenvalue weighted by atomic mass is 35.5. The lowest BCUT2D eigenvalue weighted by molar-refractivity contribution is 0.0547. The Bertz CT molecular complexity index is 685. The van der Waals surface area contributed by atoms with Gasteiger partial charge in [-0.05, 0) is 32.0 Å². The van der Waals surface area contributed by atoms with Crippen molar-refractivity contribution in [1.29, 1.82) is 0 Å². The number of aromatic nitrogens is 1. The van der Waals surface area contributed by atoms with E-state index in [9.17, 15) is 4.79 Å². The highest BCUT2D eigenvalue weighted by Gasteiger charge is 2.15. The van der Waals surface area contributed by atoms with Gasteiger partial charge in [-0.3, -0.25) is 4.79 Å². The summed E-state index contributed by atoms with van der Waals surface area (Å²) in [5, 5.41) is 4.16. The second-order valence-corrected chi connectivity index (χ2v) is 6.01. The molecular weight excluding hydrogens is 332 g/mol. The summed E-state index contributed by atoms with van der Waals surface area (Å²) in [5.74, 6) is 0.482. The molecule has 2 aromatic rings. The predicted molar refractivity (Wildman–Crippen MR) is 94.1 cm³/mol. The van der Waals surface area contributed by atoms with E-state index in [0.29, 0.717) is 48.4 Å². The number of benzene rings is 1. The van der Waals surface area contributed by atoms with Crippen molar-refractivity contribution >= 4 is 28.4 Å². The molecule has 0 aliphatic rings. The molecule has 0 spiro atoms. The van der Waals surface area contributed by atoms with Crippen molar-refractivity contribution in [2.45, 2.75) is 19.9 Å². The van der Waals surface area contributed by atoms with E-state index in [1.54, 1.807) is 25.3 Å². The van der Waals surface area contributed by atoms with Crippen molar-refractivity contribution in [1.82, 2.24) is 10.3 Å². The number of halogens is 1. The molecule has 132 valence electrons. The fraction of sp³-hybridized carbons (Fsp3) is 0.471. The number of H-pyrrole nitrogens is 1. The van der Waals surface area contributed by atoms with Crippen LogP contribution in [0.15, 0.2) is 18.2 Å². The van der Waals surface area contributed by atoms with Crippen LogP contribution in [0.25, 0.3) is 10.9 Å². The lowest BCUT2D eigenvalue weighted by atomic mass is 10.2. The molecular formula is C17H23ClN2O4. The first-order valence-corrected chi connectivity index (χ1v) is 8.22. The highest BCUT2D eigenvalue weighted by molar-refractivity contribution is 6.35. The minimum Gasteiger partial charge on any atom is -0.490 e. The van der Waals surface area contributed by atoms with Crippen LogP contribution >= 0.6 is 11.6 Å². The van der Waals surface area contributed by atoms with Crippen LogP contribution in [0.2, 0.25) is 5.02 Å². The van der Waals surface area contributed by atoms with Crippen molar-refractivity contribution < 1.29 is 19.0 Å². The van der Waals surface area contributed by atoms with Gasteiger partial charge >= 0.3 is 0 Å². The lowest BCUT2D eigenvalue weighted by Crippen LogP contribution is -2.30. The van der Waals surface area contributed by atoms with Crippen molar-refractivity contribution in [3.63, 3.8) is 0 Å². The van der Waals surface area contributed by atoms with Gasteiger partial charge in [0.15, 0.2) is 0 Å². The van der Waals surface area contributed by atoms with Gasteiger partial charge in [-0.15, -0.1) is 0 Å². The fourth-order valence-corrected chi connectivity index (χ4v) is 2.41. The topological polar surface area (TPSA) is 72.6 Å². The molecule has 1 amide bonds. The summed E-state index contributed by atoms with van der Waals surface area (Å²) in [6.07, 6.45) is 0. The van der Waals surface area contributed by atoms with Gasteiger partial charge in [0.25, 0.3) is 5.91 Å². The van der Waals surface area contributed by atoms with E-state index >= 15 is 0 Å². The van der Waals surface area contributed by atoms with Gasteiger partial charge in [-0.1, -0.05) is 11.6 Å². The van der Waals surface area contributed by atoms with Crippen molar-refractivity contribution in [3.8, 4) is 5.75 Å². The van der Waals surface area contributed by atoms with Gasteiger partial charge in [0, 0.05) is 18.5 Å². The maximum Gasteiger partial charge on any atom is 0.267 e. The van der Waals surface area contributed by atoms with Crippen LogP contribution in [0.3, 0.4) is 0 Å². The lowest BCUT2D eigenvalue weighted by Gasteiger charge is -2.08. The summed E-state index contributed by atoms with van der Waals surface area (Å²) in [7, 11) is 1.63. The number of hydrogen-bond donors (Lipinski definition) is 2. The first-order chi connectivity index (χ1) is 11.5. The number of methoxy groups -OCH3 is 1. The van der Waals surface area contributed by atoms with Crippen molar-refractivity contribution in [3.05, 3.63) is 28.9 Å². The first kappa shape index (κ1) is 18.6. The molecule has 0 saturated heterocycles. The number of amides is 1. The van der Waals surface area contributed by atoms with Crippen LogP contribution in [0, 0.1) is 0 Å². The molecule has 1 aromatic carbocycles. The maximum absolute atomic E-state index is 12.1. The van der Waals surface area contributed by atoms with Crippen LogP contribution in [0.1, 0.15) is 24.3 Å². The van der Waals surface area contributed by atoms with Gasteiger partial charge in [0.05, 0.1) is 30.4 Å². The second-order valence-electron chi connectivity index (χ2n) is 5.60. The zero-order valence-electron chi connectivity index (χ0n) is 14.1. The molecule has 24 heavy (non-hydrogen) atoms. The Balaban J connectivity index is 2.09. The molecule has 0 atom stereocenters. The third kappa shape index (κ3) is 4.87. The average Bonchev–Trinajstić information content (AvgIpc) is 2.98. The third-order valence-electron chi connectivity index (χ3n) is 3.28. The minimum absolute atomic E-state index is 0.0550. The molecule has 0 fully saturated rings. The number of nitrogens with one attached hydrogen (secondary N) is 2. The minimum atomic E-state index is -0.175. The number of fused-ring (bicyclic) bond motifs is 1. The summed E-state index contributed by atoms with van der Waals surface area (Å²) in [6.45, 7) is 5.76. The van der Waals surface area contributed by atoms with E-state index in [0.717, 1.165) is 5.39 Å². The molecule has 0 aliphatic carbocycles. The molecule has 6 nitrogen and oxygen atoms in total. The van der Waals surface area contributed by atoms with Crippen LogP contribution in [-0.2, 0) is 9.47 Å². The van der Waals surface area contributed by atoms with Crippen LogP contribution < -0.4 is 10.1 Å². The Morgan fingerprint density at radius 3 is 2.71 bits per heavy atom. The maximum atomic E-state index is 12.1. The van der Waals surface area contributed by atoms with Gasteiger partial charge in [-0.2, -0.15) is 0 Å². The Kier molecular flexibility index (Phi) is 6.90. The molecule has 1 aromatic heterocycles. The number of carbonyl (C=O) groups excluding carboxylic acids is 1. The standard InChI is InChI=1S/C17H23ClN2O4/c1-11(2)19-17(21)14-10-12-15(5-4-13(18)16(12)20-14)24-9-8-23-7-6-22-3/h4-5,10-11,20H,6-9H2,1-3H3,(H,19,21). The molecule has 0 radical (unpaired) electrons. The molecule has 7 heteroatoms. The van der Waals surface area contributed by atoms with E-state index in [4.69, 9.17) is 25.8 Å². The second kappa shape index (κ2) is 8.92. The van der Waals surface area contributed by atoms with E-state index in [-0.39, 0.29) is 11.9 Å². The zero-order valence-corrected chi connectivity index (χ0v) is 14.9. The average molecular weight is 355 g/mol. The van der Waals surface area contributed by atoms with Gasteiger partial charge in [0.1, 0.15) is 18.1 Å². The van der Waals surface area contributed by atoms with Gasteiger partial charge in [-0.25, -0.2) is 0 Å². The highest BCUT2D eigenvalue weighted by Crippen LogP contribution is 2.32. The molecule has 0 unspecified atom stereocenters. The molecule has 2 rings (SSSR count).